The largest absolute Gasteiger partial charge is 0.497 e. The number of methoxy groups -OCH3 is 1. The molecular weight excluding hydrogens is 503 g/mol. The second kappa shape index (κ2) is 12.2. The number of hydrogen-bond acceptors (Lipinski definition) is 3. The number of halogens is 7. The summed E-state index contributed by atoms with van der Waals surface area (Å²) in [6.07, 6.45) is -11.4. The van der Waals surface area contributed by atoms with Gasteiger partial charge in [-0.15, -0.1) is 0 Å². The van der Waals surface area contributed by atoms with Gasteiger partial charge < -0.3 is 14.4 Å². The zero-order chi connectivity index (χ0) is 27.1. The zero-order valence-corrected chi connectivity index (χ0v) is 20.0. The van der Waals surface area contributed by atoms with Gasteiger partial charge in [0, 0.05) is 18.8 Å². The third-order valence-corrected chi connectivity index (χ3v) is 5.64. The molecule has 0 saturated heterocycles. The minimum absolute atomic E-state index is 0.0120. The quantitative estimate of drug-likeness (QED) is 0.290. The number of ether oxygens (including phenoxy) is 2. The molecule has 1 aliphatic heterocycles. The Kier molecular flexibility index (Phi) is 9.29. The van der Waals surface area contributed by atoms with E-state index in [4.69, 9.17) is 4.74 Å². The molecule has 3 aromatic rings. The molecule has 10 heteroatoms. The molecule has 0 amide bonds. The summed E-state index contributed by atoms with van der Waals surface area (Å²) in [6.45, 7) is 0.683. The van der Waals surface area contributed by atoms with E-state index >= 15 is 0 Å². The molecule has 3 nitrogen and oxygen atoms in total. The van der Waals surface area contributed by atoms with Crippen LogP contribution in [-0.4, -0.2) is 38.9 Å². The Labute approximate surface area is 210 Å². The van der Waals surface area contributed by atoms with Crippen molar-refractivity contribution in [3.63, 3.8) is 0 Å². The monoisotopic (exact) mass is 529 g/mol. The maximum absolute atomic E-state index is 12.6. The molecule has 0 radical (unpaired) electrons. The van der Waals surface area contributed by atoms with Crippen molar-refractivity contribution in [1.29, 1.82) is 0 Å². The van der Waals surface area contributed by atoms with Crippen LogP contribution in [0.5, 0.6) is 11.5 Å². The highest BCUT2D eigenvalue weighted by atomic mass is 19.4. The number of para-hydroxylation sites is 1. The highest BCUT2D eigenvalue weighted by molar-refractivity contribution is 5.76. The van der Waals surface area contributed by atoms with E-state index in [9.17, 15) is 30.7 Å². The molecule has 0 atom stereocenters. The Morgan fingerprint density at radius 3 is 2.19 bits per heavy atom. The molecule has 37 heavy (non-hydrogen) atoms. The average molecular weight is 529 g/mol. The fourth-order valence-electron chi connectivity index (χ4n) is 3.95. The normalized spacial score (nSPS) is 13.5. The Balaban J connectivity index is 0.000000248. The Morgan fingerprint density at radius 2 is 1.54 bits per heavy atom. The van der Waals surface area contributed by atoms with E-state index in [0.29, 0.717) is 6.54 Å². The molecule has 1 heterocycles. The van der Waals surface area contributed by atoms with Crippen LogP contribution < -0.4 is 14.4 Å². The van der Waals surface area contributed by atoms with Gasteiger partial charge in [0.05, 0.1) is 13.5 Å². The number of alkyl halides is 7. The molecule has 0 aromatic heterocycles. The van der Waals surface area contributed by atoms with Crippen molar-refractivity contribution in [1.82, 2.24) is 0 Å². The van der Waals surface area contributed by atoms with Gasteiger partial charge in [-0.05, 0) is 59.9 Å². The van der Waals surface area contributed by atoms with E-state index in [1.54, 1.807) is 13.2 Å². The predicted octanol–water partition coefficient (Wildman–Crippen LogP) is 7.99. The van der Waals surface area contributed by atoms with E-state index in [1.807, 2.05) is 47.4 Å². The van der Waals surface area contributed by atoms with Crippen LogP contribution in [0, 0.1) is 0 Å². The molecule has 0 fully saturated rings. The van der Waals surface area contributed by atoms with Gasteiger partial charge >= 0.3 is 18.7 Å². The van der Waals surface area contributed by atoms with Crippen LogP contribution in [0.4, 0.5) is 36.4 Å². The summed E-state index contributed by atoms with van der Waals surface area (Å²) in [5.74, 6) is 0.489. The van der Waals surface area contributed by atoms with Crippen molar-refractivity contribution >= 4 is 5.69 Å². The summed E-state index contributed by atoms with van der Waals surface area (Å²) in [4.78, 5) is 1.86. The van der Waals surface area contributed by atoms with Gasteiger partial charge in [-0.1, -0.05) is 42.5 Å². The van der Waals surface area contributed by atoms with Gasteiger partial charge in [0.2, 0.25) is 0 Å². The lowest BCUT2D eigenvalue weighted by Crippen LogP contribution is -2.33. The van der Waals surface area contributed by atoms with Crippen LogP contribution >= 0.6 is 0 Å². The SMILES string of the molecule is COc1cccc(-c2cccc3c2CCCN3CCC(F)(F)F)c1.FC(F)C(F)(F)Oc1ccccc1. The fraction of sp³-hybridized carbons (Fsp3) is 0.333. The molecule has 0 aliphatic carbocycles. The van der Waals surface area contributed by atoms with Crippen LogP contribution in [0.3, 0.4) is 0 Å². The minimum Gasteiger partial charge on any atom is -0.497 e. The Hall–Kier alpha value is -3.43. The number of hydrogen-bond donors (Lipinski definition) is 0. The van der Waals surface area contributed by atoms with Crippen LogP contribution in [0.25, 0.3) is 11.1 Å². The van der Waals surface area contributed by atoms with E-state index in [0.717, 1.165) is 41.0 Å². The van der Waals surface area contributed by atoms with Gasteiger partial charge in [0.1, 0.15) is 11.5 Å². The summed E-state index contributed by atoms with van der Waals surface area (Å²) >= 11 is 0. The average Bonchev–Trinajstić information content (AvgIpc) is 2.87. The van der Waals surface area contributed by atoms with E-state index < -0.39 is 25.1 Å². The zero-order valence-electron chi connectivity index (χ0n) is 20.0. The van der Waals surface area contributed by atoms with Crippen molar-refractivity contribution in [3.8, 4) is 22.6 Å². The highest BCUT2D eigenvalue weighted by Crippen LogP contribution is 2.37. The highest BCUT2D eigenvalue weighted by Gasteiger charge is 2.43. The van der Waals surface area contributed by atoms with E-state index in [1.165, 1.54) is 24.3 Å². The van der Waals surface area contributed by atoms with Crippen molar-refractivity contribution in [2.75, 3.05) is 25.1 Å². The lowest BCUT2D eigenvalue weighted by atomic mass is 9.92. The summed E-state index contributed by atoms with van der Waals surface area (Å²) < 4.78 is 94.5. The first kappa shape index (κ1) is 28.1. The maximum atomic E-state index is 12.6. The van der Waals surface area contributed by atoms with Gasteiger partial charge in [-0.2, -0.15) is 30.7 Å². The van der Waals surface area contributed by atoms with Crippen molar-refractivity contribution < 1.29 is 40.2 Å². The molecule has 4 rings (SSSR count). The molecule has 1 aliphatic rings. The second-order valence-electron chi connectivity index (χ2n) is 8.27. The third kappa shape index (κ3) is 8.03. The molecule has 0 N–H and O–H groups in total. The minimum atomic E-state index is -4.43. The van der Waals surface area contributed by atoms with Crippen molar-refractivity contribution in [2.45, 2.75) is 38.0 Å². The van der Waals surface area contributed by atoms with Gasteiger partial charge in [0.25, 0.3) is 0 Å². The molecule has 0 spiro atoms. The predicted molar refractivity (Wildman–Crippen MR) is 128 cm³/mol. The Bertz CT molecular complexity index is 1140. The second-order valence-corrected chi connectivity index (χ2v) is 8.27. The van der Waals surface area contributed by atoms with Gasteiger partial charge in [-0.25, -0.2) is 0 Å². The summed E-state index contributed by atoms with van der Waals surface area (Å²) in [6, 6.07) is 20.4. The lowest BCUT2D eigenvalue weighted by molar-refractivity contribution is -0.253. The summed E-state index contributed by atoms with van der Waals surface area (Å²) in [5.41, 5.74) is 4.15. The standard InChI is InChI=1S/C19H20F3NO.C8H6F4O/c1-24-15-6-2-5-14(13-15)16-7-3-9-18-17(16)8-4-11-23(18)12-10-19(20,21)22;9-7(10)8(11,12)13-6-4-2-1-3-5-6/h2-3,5-7,9,13H,4,8,10-12H2,1H3;1-5,7H. The van der Waals surface area contributed by atoms with Gasteiger partial charge in [0.15, 0.2) is 0 Å². The number of fused-ring (bicyclic) bond motifs is 1. The van der Waals surface area contributed by atoms with Crippen LogP contribution in [0.1, 0.15) is 18.4 Å². The van der Waals surface area contributed by atoms with Crippen LogP contribution in [0.15, 0.2) is 72.8 Å². The molecule has 0 bridgehead atoms. The first-order valence-corrected chi connectivity index (χ1v) is 11.5. The van der Waals surface area contributed by atoms with Crippen LogP contribution in [0.2, 0.25) is 0 Å². The molecule has 3 aromatic carbocycles. The number of benzene rings is 3. The fourth-order valence-corrected chi connectivity index (χ4v) is 3.95. The summed E-state index contributed by atoms with van der Waals surface area (Å²) in [7, 11) is 1.62. The molecular formula is C27H26F7NO2. The first-order chi connectivity index (χ1) is 17.5. The van der Waals surface area contributed by atoms with Crippen molar-refractivity contribution in [3.05, 3.63) is 78.4 Å². The van der Waals surface area contributed by atoms with Gasteiger partial charge in [-0.3, -0.25) is 0 Å². The molecule has 0 unspecified atom stereocenters. The molecule has 200 valence electrons. The maximum Gasteiger partial charge on any atom is 0.461 e. The smallest absolute Gasteiger partial charge is 0.461 e. The molecule has 0 saturated carbocycles. The lowest BCUT2D eigenvalue weighted by Gasteiger charge is -2.33. The summed E-state index contributed by atoms with van der Waals surface area (Å²) in [5, 5.41) is 0. The number of nitrogens with zero attached hydrogens (tertiary/aromatic N) is 1. The third-order valence-electron chi connectivity index (χ3n) is 5.64. The van der Waals surface area contributed by atoms with E-state index in [-0.39, 0.29) is 12.3 Å². The number of anilines is 1. The van der Waals surface area contributed by atoms with E-state index in [2.05, 4.69) is 4.74 Å². The number of rotatable bonds is 7. The Morgan fingerprint density at radius 1 is 0.865 bits per heavy atom. The topological polar surface area (TPSA) is 21.7 Å². The van der Waals surface area contributed by atoms with Crippen LogP contribution in [-0.2, 0) is 6.42 Å². The van der Waals surface area contributed by atoms with Crippen molar-refractivity contribution in [2.24, 2.45) is 0 Å². The first-order valence-electron chi connectivity index (χ1n) is 11.5.